The quantitative estimate of drug-likeness (QED) is 0.148. The van der Waals surface area contributed by atoms with E-state index in [0.717, 1.165) is 26.2 Å². The summed E-state index contributed by atoms with van der Waals surface area (Å²) in [7, 11) is -3.76. The lowest BCUT2D eigenvalue weighted by atomic mass is 10.2. The van der Waals surface area contributed by atoms with E-state index in [4.69, 9.17) is 0 Å². The van der Waals surface area contributed by atoms with Crippen molar-refractivity contribution in [3.63, 3.8) is 0 Å². The summed E-state index contributed by atoms with van der Waals surface area (Å²) in [6.07, 6.45) is 1.63. The van der Waals surface area contributed by atoms with Crippen LogP contribution in [-0.2, 0) is 16.6 Å². The third kappa shape index (κ3) is 5.99. The number of rotatable bonds is 9. The van der Waals surface area contributed by atoms with Crippen molar-refractivity contribution in [1.29, 1.82) is 0 Å². The molecule has 0 radical (unpaired) electrons. The van der Waals surface area contributed by atoms with Crippen molar-refractivity contribution >= 4 is 60.2 Å². The summed E-state index contributed by atoms with van der Waals surface area (Å²) in [5, 5.41) is 8.13. The van der Waals surface area contributed by atoms with Crippen molar-refractivity contribution in [3.8, 4) is 0 Å². The van der Waals surface area contributed by atoms with Gasteiger partial charge in [0.15, 0.2) is 0 Å². The number of hydrogen-bond acceptors (Lipinski definition) is 7. The Morgan fingerprint density at radius 2 is 1.77 bits per heavy atom. The van der Waals surface area contributed by atoms with Gasteiger partial charge in [0.2, 0.25) is 15.2 Å². The number of anilines is 1. The first kappa shape index (κ1) is 26.9. The second-order valence-electron chi connectivity index (χ2n) is 8.79. The number of hydrogen-bond donors (Lipinski definition) is 0. The summed E-state index contributed by atoms with van der Waals surface area (Å²) >= 11 is 2.88. The van der Waals surface area contributed by atoms with Crippen molar-refractivity contribution in [3.05, 3.63) is 112 Å². The molecule has 198 valence electrons. The largest absolute Gasteiger partial charge is 0.280 e. The van der Waals surface area contributed by atoms with Crippen LogP contribution in [0.1, 0.15) is 33.3 Å². The Hall–Kier alpha value is -3.70. The Bertz CT molecular complexity index is 1710. The molecule has 0 aliphatic rings. The fraction of sp³-hybridized carbons (Fsp3) is 0.138. The van der Waals surface area contributed by atoms with Crippen molar-refractivity contribution in [2.24, 2.45) is 5.10 Å². The topological polar surface area (TPSA) is 82.9 Å². The SMILES string of the molecule is CCN(Cc1ccccc1)S(=O)(=O)c1ccc(C(=O)N(/N=C/c2cccs2)c2nc3ccc(C)cc3s2)cc1. The molecule has 3 aromatic carbocycles. The van der Waals surface area contributed by atoms with Crippen molar-refractivity contribution in [2.45, 2.75) is 25.3 Å². The number of benzene rings is 3. The molecule has 10 heteroatoms. The molecular weight excluding hydrogens is 549 g/mol. The maximum atomic E-state index is 13.7. The summed E-state index contributed by atoms with van der Waals surface area (Å²) in [6.45, 7) is 4.40. The van der Waals surface area contributed by atoms with Crippen LogP contribution >= 0.6 is 22.7 Å². The average Bonchev–Trinajstić information content (AvgIpc) is 3.62. The van der Waals surface area contributed by atoms with Crippen LogP contribution in [0.4, 0.5) is 5.13 Å². The minimum Gasteiger partial charge on any atom is -0.267 e. The Morgan fingerprint density at radius 3 is 2.46 bits per heavy atom. The van der Waals surface area contributed by atoms with Gasteiger partial charge in [-0.2, -0.15) is 14.4 Å². The lowest BCUT2D eigenvalue weighted by Gasteiger charge is -2.21. The van der Waals surface area contributed by atoms with Gasteiger partial charge in [-0.25, -0.2) is 13.4 Å². The molecule has 2 aromatic heterocycles. The number of fused-ring (bicyclic) bond motifs is 1. The molecule has 0 spiro atoms. The summed E-state index contributed by atoms with van der Waals surface area (Å²) in [4.78, 5) is 19.3. The van der Waals surface area contributed by atoms with Crippen molar-refractivity contribution in [2.75, 3.05) is 11.6 Å². The summed E-state index contributed by atoms with van der Waals surface area (Å²) in [6, 6.07) is 25.2. The molecule has 0 saturated carbocycles. The molecule has 0 atom stereocenters. The fourth-order valence-corrected chi connectivity index (χ4v) is 7.01. The van der Waals surface area contributed by atoms with Crippen LogP contribution in [0.2, 0.25) is 0 Å². The van der Waals surface area contributed by atoms with Gasteiger partial charge in [-0.15, -0.1) is 11.3 Å². The first-order chi connectivity index (χ1) is 18.8. The van der Waals surface area contributed by atoms with E-state index in [1.165, 1.54) is 56.3 Å². The van der Waals surface area contributed by atoms with Crippen LogP contribution in [0.3, 0.4) is 0 Å². The number of hydrazone groups is 1. The number of thiazole rings is 1. The maximum absolute atomic E-state index is 13.7. The Balaban J connectivity index is 1.44. The van der Waals surface area contributed by atoms with Crippen molar-refractivity contribution < 1.29 is 13.2 Å². The minimum atomic E-state index is -3.76. The van der Waals surface area contributed by atoms with E-state index in [0.29, 0.717) is 17.2 Å². The van der Waals surface area contributed by atoms with Gasteiger partial charge >= 0.3 is 0 Å². The molecule has 5 aromatic rings. The molecule has 0 unspecified atom stereocenters. The number of thiophene rings is 1. The zero-order chi connectivity index (χ0) is 27.4. The third-order valence-corrected chi connectivity index (χ3v) is 9.78. The predicted molar refractivity (Wildman–Crippen MR) is 159 cm³/mol. The highest BCUT2D eigenvalue weighted by molar-refractivity contribution is 7.89. The monoisotopic (exact) mass is 574 g/mol. The number of aromatic nitrogens is 1. The normalized spacial score (nSPS) is 12.0. The average molecular weight is 575 g/mol. The third-order valence-electron chi connectivity index (χ3n) is 6.04. The molecule has 5 rings (SSSR count). The second kappa shape index (κ2) is 11.6. The van der Waals surface area contributed by atoms with E-state index < -0.39 is 15.9 Å². The number of carbonyl (C=O) groups excluding carboxylic acids is 1. The van der Waals surface area contributed by atoms with Crippen LogP contribution in [0.5, 0.6) is 0 Å². The van der Waals surface area contributed by atoms with Crippen LogP contribution in [0, 0.1) is 6.92 Å². The highest BCUT2D eigenvalue weighted by atomic mass is 32.2. The van der Waals surface area contributed by atoms with Gasteiger partial charge < -0.3 is 0 Å². The number of amides is 1. The molecule has 0 fully saturated rings. The molecule has 1 amide bonds. The summed E-state index contributed by atoms with van der Waals surface area (Å²) in [5.41, 5.74) is 3.09. The number of carbonyl (C=O) groups is 1. The van der Waals surface area contributed by atoms with E-state index >= 15 is 0 Å². The maximum Gasteiger partial charge on any atom is 0.280 e. The molecule has 0 bridgehead atoms. The lowest BCUT2D eigenvalue weighted by molar-refractivity contribution is 0.0987. The number of nitrogens with zero attached hydrogens (tertiary/aromatic N) is 4. The molecule has 0 N–H and O–H groups in total. The standard InChI is InChI=1S/C29H26N4O3S3/c1-3-32(20-22-8-5-4-6-9-22)39(35,36)25-14-12-23(13-15-25)28(34)33(30-19-24-10-7-17-37-24)29-31-26-16-11-21(2)18-27(26)38-29/h4-19H,3,20H2,1-2H3/b30-19+. The summed E-state index contributed by atoms with van der Waals surface area (Å²) in [5.74, 6) is -0.404. The van der Waals surface area contributed by atoms with E-state index in [1.54, 1.807) is 13.1 Å². The molecule has 0 aliphatic carbocycles. The smallest absolute Gasteiger partial charge is 0.267 e. The van der Waals surface area contributed by atoms with Gasteiger partial charge in [-0.1, -0.05) is 60.7 Å². The highest BCUT2D eigenvalue weighted by Crippen LogP contribution is 2.31. The van der Waals surface area contributed by atoms with Gasteiger partial charge in [-0.3, -0.25) is 4.79 Å². The Labute approximate surface area is 235 Å². The zero-order valence-electron chi connectivity index (χ0n) is 21.4. The first-order valence-electron chi connectivity index (χ1n) is 12.3. The summed E-state index contributed by atoms with van der Waals surface area (Å²) < 4.78 is 29.1. The van der Waals surface area contributed by atoms with Gasteiger partial charge in [0, 0.05) is 23.5 Å². The highest BCUT2D eigenvalue weighted by Gasteiger charge is 2.25. The minimum absolute atomic E-state index is 0.126. The van der Waals surface area contributed by atoms with E-state index in [-0.39, 0.29) is 11.4 Å². The zero-order valence-corrected chi connectivity index (χ0v) is 23.8. The first-order valence-corrected chi connectivity index (χ1v) is 15.4. The fourth-order valence-electron chi connectivity index (χ4n) is 3.97. The second-order valence-corrected chi connectivity index (χ2v) is 12.7. The van der Waals surface area contributed by atoms with Crippen LogP contribution < -0.4 is 5.01 Å². The molecule has 0 aliphatic heterocycles. The lowest BCUT2D eigenvalue weighted by Crippen LogP contribution is -2.30. The molecule has 7 nitrogen and oxygen atoms in total. The van der Waals surface area contributed by atoms with Gasteiger partial charge in [0.05, 0.1) is 21.3 Å². The molecule has 39 heavy (non-hydrogen) atoms. The molecule has 0 saturated heterocycles. The van der Waals surface area contributed by atoms with Crippen LogP contribution in [0.15, 0.2) is 100 Å². The molecule has 2 heterocycles. The van der Waals surface area contributed by atoms with Gasteiger partial charge in [0.1, 0.15) is 0 Å². The van der Waals surface area contributed by atoms with Gasteiger partial charge in [0.25, 0.3) is 5.91 Å². The predicted octanol–water partition coefficient (Wildman–Crippen LogP) is 6.56. The number of sulfonamides is 1. The van der Waals surface area contributed by atoms with Crippen LogP contribution in [-0.4, -0.2) is 36.4 Å². The van der Waals surface area contributed by atoms with E-state index in [1.807, 2.05) is 73.0 Å². The number of aryl methyl sites for hydroxylation is 1. The van der Waals surface area contributed by atoms with Gasteiger partial charge in [-0.05, 0) is 65.9 Å². The van der Waals surface area contributed by atoms with Crippen LogP contribution in [0.25, 0.3) is 10.2 Å². The van der Waals surface area contributed by atoms with E-state index in [2.05, 4.69) is 10.1 Å². The van der Waals surface area contributed by atoms with E-state index in [9.17, 15) is 13.2 Å². The molecular formula is C29H26N4O3S3. The Kier molecular flexibility index (Phi) is 7.99. The Morgan fingerprint density at radius 1 is 1.00 bits per heavy atom. The van der Waals surface area contributed by atoms with Crippen molar-refractivity contribution in [1.82, 2.24) is 9.29 Å².